The van der Waals surface area contributed by atoms with Gasteiger partial charge in [-0.05, 0) is 52.0 Å². The summed E-state index contributed by atoms with van der Waals surface area (Å²) in [5.41, 5.74) is 1.39. The van der Waals surface area contributed by atoms with E-state index in [-0.39, 0.29) is 11.9 Å². The smallest absolute Gasteiger partial charge is 0.410 e. The minimum absolute atomic E-state index is 0.207. The van der Waals surface area contributed by atoms with Crippen LogP contribution in [-0.4, -0.2) is 35.5 Å². The number of ether oxygens (including phenoxy) is 1. The fourth-order valence-electron chi connectivity index (χ4n) is 2.90. The second kappa shape index (κ2) is 7.16. The van der Waals surface area contributed by atoms with E-state index in [9.17, 15) is 9.59 Å². The van der Waals surface area contributed by atoms with Crippen molar-refractivity contribution in [2.75, 3.05) is 13.1 Å². The van der Waals surface area contributed by atoms with E-state index in [4.69, 9.17) is 4.74 Å². The molecule has 0 spiro atoms. The Morgan fingerprint density at radius 1 is 1.17 bits per heavy atom. The number of benzene rings is 1. The third-order valence-electron chi connectivity index (χ3n) is 4.19. The van der Waals surface area contributed by atoms with E-state index in [0.717, 1.165) is 24.0 Å². The lowest BCUT2D eigenvalue weighted by Crippen LogP contribution is -2.42. The lowest BCUT2D eigenvalue weighted by molar-refractivity contribution is 0.0183. The first-order chi connectivity index (χ1) is 10.8. The van der Waals surface area contributed by atoms with Gasteiger partial charge in [-0.1, -0.05) is 24.3 Å². The van der Waals surface area contributed by atoms with Crippen molar-refractivity contribution in [2.24, 2.45) is 5.92 Å². The quantitative estimate of drug-likeness (QED) is 0.784. The molecule has 0 unspecified atom stereocenters. The molecule has 1 aliphatic rings. The van der Waals surface area contributed by atoms with Crippen LogP contribution in [0.3, 0.4) is 0 Å². The van der Waals surface area contributed by atoms with Crippen molar-refractivity contribution in [1.29, 1.82) is 0 Å². The molecule has 1 saturated heterocycles. The molecule has 126 valence electrons. The first-order valence-electron chi connectivity index (χ1n) is 8.33. The number of Topliss-reactive ketones (excluding diaryl/α,β-unsaturated/α-hetero) is 1. The molecule has 23 heavy (non-hydrogen) atoms. The van der Waals surface area contributed by atoms with Crippen LogP contribution in [0.1, 0.15) is 56.0 Å². The maximum Gasteiger partial charge on any atom is 0.410 e. The van der Waals surface area contributed by atoms with Crippen LogP contribution in [0.2, 0.25) is 0 Å². The Kier molecular flexibility index (Phi) is 5.45. The molecule has 0 radical (unpaired) electrons. The van der Waals surface area contributed by atoms with Crippen LogP contribution in [0.4, 0.5) is 4.79 Å². The predicted octanol–water partition coefficient (Wildman–Crippen LogP) is 4.21. The predicted molar refractivity (Wildman–Crippen MR) is 90.7 cm³/mol. The SMILES string of the molecule is Cc1ccccc1C(=O)CC1CCN(C(=O)OC(C)(C)C)CC1. The van der Waals surface area contributed by atoms with Crippen molar-refractivity contribution >= 4 is 11.9 Å². The number of piperidine rings is 1. The molecular weight excluding hydrogens is 290 g/mol. The van der Waals surface area contributed by atoms with Gasteiger partial charge >= 0.3 is 6.09 Å². The van der Waals surface area contributed by atoms with Gasteiger partial charge in [-0.15, -0.1) is 0 Å². The largest absolute Gasteiger partial charge is 0.444 e. The lowest BCUT2D eigenvalue weighted by atomic mass is 9.89. The minimum atomic E-state index is -0.464. The number of rotatable bonds is 3. The Hall–Kier alpha value is -1.84. The van der Waals surface area contributed by atoms with E-state index < -0.39 is 5.60 Å². The average Bonchev–Trinajstić information content (AvgIpc) is 2.46. The van der Waals surface area contributed by atoms with E-state index >= 15 is 0 Å². The second-order valence-corrected chi connectivity index (χ2v) is 7.35. The van der Waals surface area contributed by atoms with Gasteiger partial charge in [-0.2, -0.15) is 0 Å². The lowest BCUT2D eigenvalue weighted by Gasteiger charge is -2.33. The molecule has 0 aliphatic carbocycles. The molecule has 1 heterocycles. The molecule has 1 aromatic carbocycles. The molecule has 1 aromatic rings. The number of hydrogen-bond donors (Lipinski definition) is 0. The molecular formula is C19H27NO3. The van der Waals surface area contributed by atoms with Crippen LogP contribution in [0, 0.1) is 12.8 Å². The highest BCUT2D eigenvalue weighted by Gasteiger charge is 2.28. The first-order valence-corrected chi connectivity index (χ1v) is 8.33. The first kappa shape index (κ1) is 17.5. The summed E-state index contributed by atoms with van der Waals surface area (Å²) in [4.78, 5) is 26.2. The summed E-state index contributed by atoms with van der Waals surface area (Å²) in [6, 6.07) is 7.72. The van der Waals surface area contributed by atoms with Crippen LogP contribution in [0.15, 0.2) is 24.3 Å². The van der Waals surface area contributed by atoms with Crippen LogP contribution in [0.25, 0.3) is 0 Å². The fourth-order valence-corrected chi connectivity index (χ4v) is 2.90. The van der Waals surface area contributed by atoms with Gasteiger partial charge in [0.15, 0.2) is 5.78 Å². The van der Waals surface area contributed by atoms with E-state index in [1.807, 2.05) is 52.0 Å². The number of carbonyl (C=O) groups excluding carboxylic acids is 2. The summed E-state index contributed by atoms with van der Waals surface area (Å²) in [7, 11) is 0. The summed E-state index contributed by atoms with van der Waals surface area (Å²) in [5, 5.41) is 0. The molecule has 1 amide bonds. The van der Waals surface area contributed by atoms with Gasteiger partial charge < -0.3 is 9.64 Å². The third kappa shape index (κ3) is 5.08. The summed E-state index contributed by atoms with van der Waals surface area (Å²) < 4.78 is 5.40. The van der Waals surface area contributed by atoms with Gasteiger partial charge in [0, 0.05) is 25.1 Å². The number of nitrogens with zero attached hydrogens (tertiary/aromatic N) is 1. The van der Waals surface area contributed by atoms with Crippen LogP contribution < -0.4 is 0 Å². The van der Waals surface area contributed by atoms with Gasteiger partial charge in [0.05, 0.1) is 0 Å². The topological polar surface area (TPSA) is 46.6 Å². The van der Waals surface area contributed by atoms with Crippen molar-refractivity contribution in [2.45, 2.75) is 52.6 Å². The Labute approximate surface area is 138 Å². The highest BCUT2D eigenvalue weighted by molar-refractivity contribution is 5.97. The highest BCUT2D eigenvalue weighted by atomic mass is 16.6. The monoisotopic (exact) mass is 317 g/mol. The van der Waals surface area contributed by atoms with Crippen LogP contribution in [0.5, 0.6) is 0 Å². The molecule has 0 saturated carbocycles. The van der Waals surface area contributed by atoms with E-state index in [2.05, 4.69) is 0 Å². The standard InChI is InChI=1S/C19H27NO3/c1-14-7-5-6-8-16(14)17(21)13-15-9-11-20(12-10-15)18(22)23-19(2,3)4/h5-8,15H,9-13H2,1-4H3. The zero-order valence-corrected chi connectivity index (χ0v) is 14.6. The fraction of sp³-hybridized carbons (Fsp3) is 0.579. The van der Waals surface area contributed by atoms with Gasteiger partial charge in [-0.25, -0.2) is 4.79 Å². The Balaban J connectivity index is 1.84. The van der Waals surface area contributed by atoms with Gasteiger partial charge in [-0.3, -0.25) is 4.79 Å². The molecule has 0 N–H and O–H groups in total. The maximum absolute atomic E-state index is 12.4. The number of amides is 1. The molecule has 1 fully saturated rings. The zero-order valence-electron chi connectivity index (χ0n) is 14.6. The van der Waals surface area contributed by atoms with Crippen molar-refractivity contribution < 1.29 is 14.3 Å². The van der Waals surface area contributed by atoms with E-state index in [1.165, 1.54) is 0 Å². The van der Waals surface area contributed by atoms with Crippen molar-refractivity contribution in [1.82, 2.24) is 4.90 Å². The number of hydrogen-bond acceptors (Lipinski definition) is 3. The number of ketones is 1. The maximum atomic E-state index is 12.4. The molecule has 0 atom stereocenters. The number of likely N-dealkylation sites (tertiary alicyclic amines) is 1. The minimum Gasteiger partial charge on any atom is -0.444 e. The molecule has 4 heteroatoms. The summed E-state index contributed by atoms with van der Waals surface area (Å²) in [5.74, 6) is 0.555. The second-order valence-electron chi connectivity index (χ2n) is 7.35. The Morgan fingerprint density at radius 3 is 2.35 bits per heavy atom. The van der Waals surface area contributed by atoms with E-state index in [1.54, 1.807) is 4.90 Å². The van der Waals surface area contributed by atoms with E-state index in [0.29, 0.717) is 25.4 Å². The molecule has 4 nitrogen and oxygen atoms in total. The van der Waals surface area contributed by atoms with Crippen molar-refractivity contribution in [3.63, 3.8) is 0 Å². The Bertz CT molecular complexity index is 566. The molecule has 0 aromatic heterocycles. The number of aryl methyl sites for hydroxylation is 1. The van der Waals surface area contributed by atoms with Gasteiger partial charge in [0.2, 0.25) is 0 Å². The normalized spacial score (nSPS) is 16.3. The zero-order chi connectivity index (χ0) is 17.0. The molecule has 2 rings (SSSR count). The van der Waals surface area contributed by atoms with Crippen molar-refractivity contribution in [3.8, 4) is 0 Å². The van der Waals surface area contributed by atoms with Crippen LogP contribution >= 0.6 is 0 Å². The highest BCUT2D eigenvalue weighted by Crippen LogP contribution is 2.24. The number of carbonyl (C=O) groups is 2. The summed E-state index contributed by atoms with van der Waals surface area (Å²) in [6.45, 7) is 8.93. The van der Waals surface area contributed by atoms with Gasteiger partial charge in [0.1, 0.15) is 5.60 Å². The third-order valence-corrected chi connectivity index (χ3v) is 4.19. The summed E-state index contributed by atoms with van der Waals surface area (Å²) in [6.07, 6.45) is 2.03. The van der Waals surface area contributed by atoms with Crippen molar-refractivity contribution in [3.05, 3.63) is 35.4 Å². The average molecular weight is 317 g/mol. The Morgan fingerprint density at radius 2 is 1.78 bits per heavy atom. The molecule has 1 aliphatic heterocycles. The summed E-state index contributed by atoms with van der Waals surface area (Å²) >= 11 is 0. The molecule has 0 bridgehead atoms. The van der Waals surface area contributed by atoms with Crippen LogP contribution in [-0.2, 0) is 4.74 Å². The van der Waals surface area contributed by atoms with Gasteiger partial charge in [0.25, 0.3) is 0 Å².